The first-order chi connectivity index (χ1) is 11.3. The van der Waals surface area contributed by atoms with E-state index in [1.165, 1.54) is 25.3 Å². The molecular formula is C15H10F5NO3. The maximum absolute atomic E-state index is 13.6. The van der Waals surface area contributed by atoms with E-state index in [-0.39, 0.29) is 17.1 Å². The Bertz CT molecular complexity index is 781. The van der Waals surface area contributed by atoms with E-state index in [4.69, 9.17) is 15.2 Å². The predicted octanol–water partition coefficient (Wildman–Crippen LogP) is 3.07. The van der Waals surface area contributed by atoms with Gasteiger partial charge in [0.15, 0.2) is 23.3 Å². The Morgan fingerprint density at radius 2 is 1.54 bits per heavy atom. The van der Waals surface area contributed by atoms with Crippen LogP contribution in [0.2, 0.25) is 0 Å². The molecule has 0 atom stereocenters. The molecule has 4 nitrogen and oxygen atoms in total. The molecule has 0 fully saturated rings. The molecule has 0 heterocycles. The minimum atomic E-state index is -2.27. The molecule has 0 aliphatic heterocycles. The monoisotopic (exact) mass is 347 g/mol. The van der Waals surface area contributed by atoms with Crippen molar-refractivity contribution in [3.63, 3.8) is 0 Å². The normalized spacial score (nSPS) is 10.6. The highest BCUT2D eigenvalue weighted by atomic mass is 19.2. The van der Waals surface area contributed by atoms with E-state index in [0.717, 1.165) is 0 Å². The first-order valence-electron chi connectivity index (χ1n) is 6.38. The van der Waals surface area contributed by atoms with Gasteiger partial charge in [0.25, 0.3) is 5.91 Å². The average Bonchev–Trinajstić information content (AvgIpc) is 2.57. The molecular weight excluding hydrogens is 337 g/mol. The molecule has 2 rings (SSSR count). The van der Waals surface area contributed by atoms with Crippen LogP contribution in [0.4, 0.5) is 22.0 Å². The van der Waals surface area contributed by atoms with Crippen molar-refractivity contribution in [1.82, 2.24) is 0 Å². The minimum absolute atomic E-state index is 0.153. The number of halogens is 5. The number of hydrogen-bond donors (Lipinski definition) is 1. The van der Waals surface area contributed by atoms with Crippen molar-refractivity contribution >= 4 is 5.91 Å². The third-order valence-electron chi connectivity index (χ3n) is 3.13. The maximum Gasteiger partial charge on any atom is 0.252 e. The van der Waals surface area contributed by atoms with Gasteiger partial charge in [-0.25, -0.2) is 22.0 Å². The van der Waals surface area contributed by atoms with E-state index >= 15 is 0 Å². The van der Waals surface area contributed by atoms with Crippen LogP contribution in [-0.4, -0.2) is 13.0 Å². The van der Waals surface area contributed by atoms with E-state index in [9.17, 15) is 26.7 Å². The lowest BCUT2D eigenvalue weighted by molar-refractivity contribution is 0.0995. The number of methoxy groups -OCH3 is 1. The topological polar surface area (TPSA) is 61.5 Å². The minimum Gasteiger partial charge on any atom is -0.497 e. The Hall–Kier alpha value is -2.84. The summed E-state index contributed by atoms with van der Waals surface area (Å²) in [7, 11) is 1.31. The van der Waals surface area contributed by atoms with E-state index in [2.05, 4.69) is 0 Å². The Labute approximate surface area is 132 Å². The van der Waals surface area contributed by atoms with Crippen molar-refractivity contribution in [2.45, 2.75) is 6.61 Å². The lowest BCUT2D eigenvalue weighted by Gasteiger charge is -2.13. The third kappa shape index (κ3) is 3.10. The molecule has 2 N–H and O–H groups in total. The predicted molar refractivity (Wildman–Crippen MR) is 72.1 cm³/mol. The van der Waals surface area contributed by atoms with Gasteiger partial charge in [-0.2, -0.15) is 0 Å². The lowest BCUT2D eigenvalue weighted by atomic mass is 10.1. The summed E-state index contributed by atoms with van der Waals surface area (Å²) in [6, 6.07) is 3.80. The highest BCUT2D eigenvalue weighted by Crippen LogP contribution is 2.28. The van der Waals surface area contributed by atoms with Crippen LogP contribution in [-0.2, 0) is 6.61 Å². The van der Waals surface area contributed by atoms with Crippen LogP contribution in [0.15, 0.2) is 18.2 Å². The zero-order valence-electron chi connectivity index (χ0n) is 12.1. The summed E-state index contributed by atoms with van der Waals surface area (Å²) in [5.74, 6) is -11.4. The summed E-state index contributed by atoms with van der Waals surface area (Å²) in [5.41, 5.74) is 3.80. The fourth-order valence-corrected chi connectivity index (χ4v) is 1.88. The second-order valence-electron chi connectivity index (χ2n) is 4.56. The molecule has 9 heteroatoms. The van der Waals surface area contributed by atoms with Gasteiger partial charge in [-0.3, -0.25) is 4.79 Å². The Morgan fingerprint density at radius 3 is 2.04 bits per heavy atom. The van der Waals surface area contributed by atoms with Crippen LogP contribution >= 0.6 is 0 Å². The molecule has 2 aromatic rings. The second-order valence-corrected chi connectivity index (χ2v) is 4.56. The summed E-state index contributed by atoms with van der Waals surface area (Å²) in [4.78, 5) is 11.3. The molecule has 24 heavy (non-hydrogen) atoms. The van der Waals surface area contributed by atoms with Gasteiger partial charge in [0, 0.05) is 6.07 Å². The van der Waals surface area contributed by atoms with E-state index < -0.39 is 47.2 Å². The molecule has 0 saturated heterocycles. The van der Waals surface area contributed by atoms with Gasteiger partial charge < -0.3 is 15.2 Å². The molecule has 0 aliphatic carbocycles. The summed E-state index contributed by atoms with van der Waals surface area (Å²) in [6.45, 7) is -1.01. The summed E-state index contributed by atoms with van der Waals surface area (Å²) in [6.07, 6.45) is 0. The van der Waals surface area contributed by atoms with Crippen molar-refractivity contribution in [2.24, 2.45) is 5.73 Å². The van der Waals surface area contributed by atoms with Crippen LogP contribution in [0.1, 0.15) is 15.9 Å². The molecule has 0 aromatic heterocycles. The van der Waals surface area contributed by atoms with Gasteiger partial charge in [0.1, 0.15) is 18.1 Å². The number of hydrogen-bond acceptors (Lipinski definition) is 3. The van der Waals surface area contributed by atoms with Crippen LogP contribution in [0.25, 0.3) is 0 Å². The zero-order valence-corrected chi connectivity index (χ0v) is 12.1. The first kappa shape index (κ1) is 17.5. The van der Waals surface area contributed by atoms with Gasteiger partial charge in [-0.05, 0) is 12.1 Å². The van der Waals surface area contributed by atoms with E-state index in [1.807, 2.05) is 0 Å². The van der Waals surface area contributed by atoms with Gasteiger partial charge in [0.05, 0.1) is 18.2 Å². The molecule has 2 aromatic carbocycles. The highest BCUT2D eigenvalue weighted by molar-refractivity contribution is 5.95. The van der Waals surface area contributed by atoms with Gasteiger partial charge in [-0.1, -0.05) is 0 Å². The van der Waals surface area contributed by atoms with E-state index in [1.54, 1.807) is 0 Å². The Balaban J connectivity index is 2.40. The average molecular weight is 347 g/mol. The molecule has 0 unspecified atom stereocenters. The molecule has 128 valence electrons. The fourth-order valence-electron chi connectivity index (χ4n) is 1.88. The van der Waals surface area contributed by atoms with Crippen molar-refractivity contribution in [1.29, 1.82) is 0 Å². The first-order valence-corrected chi connectivity index (χ1v) is 6.38. The maximum atomic E-state index is 13.6. The summed E-state index contributed by atoms with van der Waals surface area (Å²) < 4.78 is 76.4. The number of ether oxygens (including phenoxy) is 2. The number of primary amides is 1. The number of carbonyl (C=O) groups is 1. The zero-order chi connectivity index (χ0) is 18.0. The van der Waals surface area contributed by atoms with E-state index in [0.29, 0.717) is 0 Å². The van der Waals surface area contributed by atoms with Crippen LogP contribution in [0, 0.1) is 29.1 Å². The van der Waals surface area contributed by atoms with Gasteiger partial charge in [-0.15, -0.1) is 0 Å². The van der Waals surface area contributed by atoms with Crippen molar-refractivity contribution in [2.75, 3.05) is 7.11 Å². The number of carbonyl (C=O) groups excluding carboxylic acids is 1. The molecule has 0 bridgehead atoms. The van der Waals surface area contributed by atoms with Crippen molar-refractivity contribution in [3.05, 3.63) is 58.4 Å². The lowest BCUT2D eigenvalue weighted by Crippen LogP contribution is -2.14. The van der Waals surface area contributed by atoms with Crippen LogP contribution in [0.5, 0.6) is 11.5 Å². The smallest absolute Gasteiger partial charge is 0.252 e. The quantitative estimate of drug-likeness (QED) is 0.514. The number of rotatable bonds is 5. The standard InChI is InChI=1S/C15H10F5NO3/c1-23-6-2-3-7(15(21)22)9(4-6)24-5-8-10(16)12(18)14(20)13(19)11(8)17/h2-4H,5H2,1H3,(H2,21,22). The summed E-state index contributed by atoms with van der Waals surface area (Å²) >= 11 is 0. The number of benzene rings is 2. The molecule has 0 spiro atoms. The van der Waals surface area contributed by atoms with Crippen LogP contribution in [0.3, 0.4) is 0 Å². The van der Waals surface area contributed by atoms with Crippen molar-refractivity contribution in [3.8, 4) is 11.5 Å². The van der Waals surface area contributed by atoms with Gasteiger partial charge >= 0.3 is 0 Å². The Morgan fingerprint density at radius 1 is 1.00 bits per heavy atom. The SMILES string of the molecule is COc1ccc(C(N)=O)c(OCc2c(F)c(F)c(F)c(F)c2F)c1. The Kier molecular flexibility index (Phi) is 4.91. The number of nitrogens with two attached hydrogens (primary N) is 1. The van der Waals surface area contributed by atoms with Gasteiger partial charge in [0.2, 0.25) is 5.82 Å². The summed E-state index contributed by atoms with van der Waals surface area (Å²) in [5, 5.41) is 0. The fraction of sp³-hybridized carbons (Fsp3) is 0.133. The van der Waals surface area contributed by atoms with Crippen LogP contribution < -0.4 is 15.2 Å². The molecule has 0 radical (unpaired) electrons. The third-order valence-corrected chi connectivity index (χ3v) is 3.13. The van der Waals surface area contributed by atoms with Crippen molar-refractivity contribution < 1.29 is 36.2 Å². The molecule has 0 saturated carbocycles. The molecule has 1 amide bonds. The number of amides is 1. The highest BCUT2D eigenvalue weighted by Gasteiger charge is 2.26. The second kappa shape index (κ2) is 6.73. The largest absolute Gasteiger partial charge is 0.497 e. The molecule has 0 aliphatic rings.